The monoisotopic (exact) mass is 1000 g/mol. The molecule has 6 aromatic heterocycles. The third-order valence-electron chi connectivity index (χ3n) is 13.1. The third kappa shape index (κ3) is 12.9. The number of nitrogens with zero attached hydrogens (tertiary/aromatic N) is 11. The number of likely N-dealkylation sites (tertiary alicyclic amines) is 2. The van der Waals surface area contributed by atoms with Gasteiger partial charge in [-0.1, -0.05) is 0 Å². The third-order valence-corrected chi connectivity index (χ3v) is 13.1. The average Bonchev–Trinajstić information content (AvgIpc) is 3.41. The topological polar surface area (TPSA) is 225 Å². The van der Waals surface area contributed by atoms with E-state index in [2.05, 4.69) is 45.0 Å². The molecule has 10 rings (SSSR count). The largest absolute Gasteiger partial charge is 0.486 e. The Hall–Kier alpha value is -7.17. The number of nitrogens with one attached hydrogen (secondary N) is 1. The minimum absolute atomic E-state index is 0.0154. The lowest BCUT2D eigenvalue weighted by atomic mass is 10.0. The summed E-state index contributed by atoms with van der Waals surface area (Å²) in [4.78, 5) is 71.0. The number of carbonyl (C=O) groups excluding carboxylic acids is 1. The Labute approximate surface area is 422 Å². The summed E-state index contributed by atoms with van der Waals surface area (Å²) in [6.45, 7) is 14.8. The Morgan fingerprint density at radius 2 is 1.12 bits per heavy atom. The van der Waals surface area contributed by atoms with Crippen molar-refractivity contribution < 1.29 is 38.0 Å². The molecule has 4 aliphatic heterocycles. The summed E-state index contributed by atoms with van der Waals surface area (Å²) in [6.07, 6.45) is 10.00. The van der Waals surface area contributed by atoms with Crippen molar-refractivity contribution >= 4 is 28.2 Å². The highest BCUT2D eigenvalue weighted by Crippen LogP contribution is 2.32. The highest BCUT2D eigenvalue weighted by molar-refractivity contribution is 5.75. The minimum Gasteiger partial charge on any atom is -0.486 e. The smallest absolute Gasteiger partial charge is 0.410 e. The zero-order chi connectivity index (χ0) is 50.9. The van der Waals surface area contributed by atoms with Crippen LogP contribution in [0.1, 0.15) is 57.8 Å². The summed E-state index contributed by atoms with van der Waals surface area (Å²) in [5.74, 6) is 2.74. The number of ether oxygens (including phenoxy) is 7. The number of piperidine rings is 2. The summed E-state index contributed by atoms with van der Waals surface area (Å²) in [6, 6.07) is 11.3. The molecule has 0 aliphatic carbocycles. The van der Waals surface area contributed by atoms with E-state index in [1.807, 2.05) is 32.9 Å². The summed E-state index contributed by atoms with van der Waals surface area (Å²) < 4.78 is 41.9. The van der Waals surface area contributed by atoms with E-state index in [1.165, 1.54) is 20.3 Å². The quantitative estimate of drug-likeness (QED) is 0.162. The van der Waals surface area contributed by atoms with Gasteiger partial charge in [-0.05, 0) is 71.7 Å². The molecular formula is C51H64N12O10. The molecule has 2 fully saturated rings. The van der Waals surface area contributed by atoms with Gasteiger partial charge in [0.1, 0.15) is 43.3 Å². The molecule has 0 unspecified atom stereocenters. The summed E-state index contributed by atoms with van der Waals surface area (Å²) in [5.41, 5.74) is 2.03. The van der Waals surface area contributed by atoms with E-state index in [9.17, 15) is 14.4 Å². The second-order valence-corrected chi connectivity index (χ2v) is 19.2. The number of carbonyl (C=O) groups is 1. The molecular weight excluding hydrogens is 941 g/mol. The Morgan fingerprint density at radius 3 is 1.63 bits per heavy atom. The first-order valence-electron chi connectivity index (χ1n) is 24.9. The normalized spacial score (nSPS) is 16.4. The van der Waals surface area contributed by atoms with Crippen molar-refractivity contribution in [1.29, 1.82) is 0 Å². The van der Waals surface area contributed by atoms with Crippen molar-refractivity contribution in [2.45, 2.75) is 90.3 Å². The molecule has 0 atom stereocenters. The zero-order valence-electron chi connectivity index (χ0n) is 42.2. The molecule has 388 valence electrons. The minimum atomic E-state index is -0.617. The Kier molecular flexibility index (Phi) is 16.1. The number of rotatable bonds is 14. The van der Waals surface area contributed by atoms with Crippen molar-refractivity contribution in [3.63, 3.8) is 0 Å². The summed E-state index contributed by atoms with van der Waals surface area (Å²) in [7, 11) is 3.02. The van der Waals surface area contributed by atoms with Gasteiger partial charge in [-0.15, -0.1) is 0 Å². The molecule has 1 N–H and O–H groups in total. The Morgan fingerprint density at radius 1 is 0.644 bits per heavy atom. The van der Waals surface area contributed by atoms with Crippen molar-refractivity contribution in [1.82, 2.24) is 59.1 Å². The van der Waals surface area contributed by atoms with Gasteiger partial charge in [-0.3, -0.25) is 33.6 Å². The SMILES string of the molecule is COc1ncc2ccc(=O)n(CCN3CCC(N(Cc4cc5c(cn4)OCCO5)C(=O)OC(C)(C)C)CC3)c2n1.COc1ncc2ccc(=O)n(CCN3CCC(NCc4cc5c(cn4)OCCO5)CC3)c2n1. The van der Waals surface area contributed by atoms with Gasteiger partial charge in [0.15, 0.2) is 23.0 Å². The van der Waals surface area contributed by atoms with Crippen LogP contribution in [0.4, 0.5) is 4.79 Å². The van der Waals surface area contributed by atoms with Crippen LogP contribution in [0.2, 0.25) is 0 Å². The van der Waals surface area contributed by atoms with E-state index in [0.29, 0.717) is 99.4 Å². The molecule has 22 heteroatoms. The number of hydrogen-bond donors (Lipinski definition) is 1. The van der Waals surface area contributed by atoms with E-state index in [1.54, 1.807) is 57.0 Å². The molecule has 0 aromatic carbocycles. The van der Waals surface area contributed by atoms with Gasteiger partial charge >= 0.3 is 18.1 Å². The maximum Gasteiger partial charge on any atom is 0.410 e. The van der Waals surface area contributed by atoms with Gasteiger partial charge in [-0.25, -0.2) is 14.8 Å². The second-order valence-electron chi connectivity index (χ2n) is 19.2. The van der Waals surface area contributed by atoms with Crippen LogP contribution in [0, 0.1) is 0 Å². The molecule has 22 nitrogen and oxygen atoms in total. The first-order chi connectivity index (χ1) is 35.4. The average molecular weight is 1010 g/mol. The maximum atomic E-state index is 13.3. The fraction of sp³-hybridized carbons (Fsp3) is 0.510. The van der Waals surface area contributed by atoms with Crippen molar-refractivity contribution in [3.8, 4) is 35.0 Å². The van der Waals surface area contributed by atoms with Crippen LogP contribution in [0.5, 0.6) is 35.0 Å². The van der Waals surface area contributed by atoms with Gasteiger partial charge in [0, 0.05) is 105 Å². The first kappa shape index (κ1) is 50.8. The maximum absolute atomic E-state index is 13.3. The van der Waals surface area contributed by atoms with E-state index in [0.717, 1.165) is 80.6 Å². The van der Waals surface area contributed by atoms with E-state index in [-0.39, 0.29) is 35.3 Å². The van der Waals surface area contributed by atoms with Gasteiger partial charge in [0.2, 0.25) is 0 Å². The number of hydrogen-bond acceptors (Lipinski definition) is 19. The molecule has 73 heavy (non-hydrogen) atoms. The lowest BCUT2D eigenvalue weighted by Crippen LogP contribution is -2.49. The second kappa shape index (κ2) is 23.1. The molecule has 0 radical (unpaired) electrons. The summed E-state index contributed by atoms with van der Waals surface area (Å²) >= 11 is 0. The van der Waals surface area contributed by atoms with Crippen LogP contribution in [0.15, 0.2) is 70.8 Å². The first-order valence-corrected chi connectivity index (χ1v) is 24.9. The molecule has 0 saturated carbocycles. The standard InChI is InChI=1S/C28H36N6O6.C23H28N6O4/c1-28(2,3)40-27(36)34(18-20-15-22-23(17-29-20)39-14-13-38-22)21-7-9-32(10-8-21)11-12-33-24(35)6-5-19-16-30-26(37-4)31-25(19)33;1-31-23-26-13-16-2-3-21(30)29(22(16)27-23)9-8-28-6-4-17(5-7-28)24-14-18-12-19-20(15-25-18)33-11-10-32-19/h5-6,15-17,21H,7-14,18H2,1-4H3;2-3,12-13,15,17,24H,4-11,14H2,1H3. The van der Waals surface area contributed by atoms with E-state index < -0.39 is 5.60 Å². The number of amides is 1. The fourth-order valence-corrected chi connectivity index (χ4v) is 9.29. The van der Waals surface area contributed by atoms with Crippen LogP contribution in [-0.2, 0) is 30.9 Å². The highest BCUT2D eigenvalue weighted by atomic mass is 16.6. The predicted octanol–water partition coefficient (Wildman–Crippen LogP) is 4.09. The van der Waals surface area contributed by atoms with Crippen LogP contribution < -0.4 is 44.9 Å². The number of aromatic nitrogens is 8. The molecule has 2 saturated heterocycles. The van der Waals surface area contributed by atoms with Crippen LogP contribution in [0.25, 0.3) is 22.1 Å². The van der Waals surface area contributed by atoms with Gasteiger partial charge in [0.05, 0.1) is 44.5 Å². The van der Waals surface area contributed by atoms with Crippen molar-refractivity contribution in [2.75, 3.05) is 79.9 Å². The van der Waals surface area contributed by atoms with Crippen LogP contribution in [-0.4, -0.2) is 157 Å². The molecule has 6 aromatic rings. The molecule has 10 heterocycles. The lowest BCUT2D eigenvalue weighted by Gasteiger charge is -2.39. The Bertz CT molecular complexity index is 2990. The molecule has 0 bridgehead atoms. The molecule has 0 spiro atoms. The molecule has 4 aliphatic rings. The lowest BCUT2D eigenvalue weighted by molar-refractivity contribution is 0.00528. The fourth-order valence-electron chi connectivity index (χ4n) is 9.29. The Balaban J connectivity index is 0.000000183. The van der Waals surface area contributed by atoms with Crippen molar-refractivity contribution in [2.24, 2.45) is 0 Å². The van der Waals surface area contributed by atoms with E-state index >= 15 is 0 Å². The zero-order valence-corrected chi connectivity index (χ0v) is 42.2. The number of fused-ring (bicyclic) bond motifs is 4. The van der Waals surface area contributed by atoms with Crippen LogP contribution in [0.3, 0.4) is 0 Å². The van der Waals surface area contributed by atoms with E-state index in [4.69, 9.17) is 33.2 Å². The predicted molar refractivity (Wildman–Crippen MR) is 269 cm³/mol. The summed E-state index contributed by atoms with van der Waals surface area (Å²) in [5, 5.41) is 5.22. The van der Waals surface area contributed by atoms with Crippen LogP contribution >= 0.6 is 0 Å². The highest BCUT2D eigenvalue weighted by Gasteiger charge is 2.32. The number of pyridine rings is 4. The van der Waals surface area contributed by atoms with Crippen molar-refractivity contribution in [3.05, 3.63) is 93.3 Å². The number of methoxy groups -OCH3 is 2. The van der Waals surface area contributed by atoms with Gasteiger partial charge in [0.25, 0.3) is 11.1 Å². The van der Waals surface area contributed by atoms with Gasteiger partial charge in [-0.2, -0.15) is 9.97 Å². The molecule has 1 amide bonds. The van der Waals surface area contributed by atoms with Gasteiger partial charge < -0.3 is 48.3 Å².